The lowest BCUT2D eigenvalue weighted by molar-refractivity contribution is 0.326. The maximum Gasteiger partial charge on any atom is 0.136 e. The fraction of sp³-hybridized carbons (Fsp3) is 0.625. The van der Waals surface area contributed by atoms with Gasteiger partial charge in [-0.25, -0.2) is 4.98 Å². The molecule has 2 aliphatic carbocycles. The number of nitrogens with two attached hydrogens (primary N) is 1. The molecule has 3 N–H and O–H groups in total. The zero-order valence-electron chi connectivity index (χ0n) is 12.3. The van der Waals surface area contributed by atoms with Crippen molar-refractivity contribution in [2.24, 2.45) is 5.73 Å². The van der Waals surface area contributed by atoms with E-state index in [0.717, 1.165) is 36.8 Å². The molecule has 0 aromatic carbocycles. The average Bonchev–Trinajstić information content (AvgIpc) is 3.03. The third kappa shape index (κ3) is 2.64. The fourth-order valence-corrected chi connectivity index (χ4v) is 3.80. The first-order valence-electron chi connectivity index (χ1n) is 8.04. The molecule has 1 unspecified atom stereocenters. The molecule has 1 aromatic heterocycles. The molecule has 1 saturated heterocycles. The number of hydrogen-bond acceptors (Lipinski definition) is 4. The van der Waals surface area contributed by atoms with Gasteiger partial charge in [0.2, 0.25) is 0 Å². The number of rotatable bonds is 4. The third-order valence-electron chi connectivity index (χ3n) is 4.94. The van der Waals surface area contributed by atoms with Crippen LogP contribution in [0, 0.1) is 0 Å². The van der Waals surface area contributed by atoms with Gasteiger partial charge in [0.15, 0.2) is 0 Å². The Morgan fingerprint density at radius 2 is 2.19 bits per heavy atom. The molecule has 4 nitrogen and oxygen atoms in total. The number of anilines is 1. The van der Waals surface area contributed by atoms with Gasteiger partial charge in [-0.05, 0) is 50.2 Å². The van der Waals surface area contributed by atoms with Crippen LogP contribution in [0.3, 0.4) is 0 Å². The molecule has 3 aliphatic rings. The topological polar surface area (TPSA) is 54.2 Å². The summed E-state index contributed by atoms with van der Waals surface area (Å²) in [4.78, 5) is 7.88. The van der Waals surface area contributed by atoms with Gasteiger partial charge in [0.25, 0.3) is 0 Å². The van der Waals surface area contributed by atoms with Gasteiger partial charge in [-0.15, -0.1) is 0 Å². The summed E-state index contributed by atoms with van der Waals surface area (Å²) in [5.41, 5.74) is 9.40. The van der Waals surface area contributed by atoms with E-state index in [1.54, 1.807) is 0 Å². The Labute approximate surface area is 131 Å². The number of aromatic nitrogens is 1. The van der Waals surface area contributed by atoms with Crippen LogP contribution in [-0.4, -0.2) is 40.0 Å². The van der Waals surface area contributed by atoms with Crippen molar-refractivity contribution in [1.82, 2.24) is 9.88 Å². The first-order chi connectivity index (χ1) is 10.2. The number of thiocarbonyl (C=S) groups is 1. The van der Waals surface area contributed by atoms with E-state index in [9.17, 15) is 0 Å². The van der Waals surface area contributed by atoms with Crippen LogP contribution in [-0.2, 0) is 12.8 Å². The standard InChI is InChI=1S/C16H22N4S/c17-15(21)13-8-10-2-1-3-14(10)19-16(13)18-11-6-7-20(9-11)12-4-5-12/h8,11-12H,1-7,9H2,(H2,17,21)(H,18,19). The second-order valence-electron chi connectivity index (χ2n) is 6.56. The highest BCUT2D eigenvalue weighted by Crippen LogP contribution is 2.31. The monoisotopic (exact) mass is 302 g/mol. The third-order valence-corrected chi connectivity index (χ3v) is 5.16. The molecule has 0 bridgehead atoms. The molecule has 0 amide bonds. The maximum atomic E-state index is 5.91. The summed E-state index contributed by atoms with van der Waals surface area (Å²) in [6.07, 6.45) is 7.33. The number of nitrogens with zero attached hydrogens (tertiary/aromatic N) is 2. The smallest absolute Gasteiger partial charge is 0.136 e. The van der Waals surface area contributed by atoms with Crippen molar-refractivity contribution < 1.29 is 0 Å². The molecule has 1 atom stereocenters. The van der Waals surface area contributed by atoms with Gasteiger partial charge in [-0.2, -0.15) is 0 Å². The van der Waals surface area contributed by atoms with Gasteiger partial charge in [0, 0.05) is 30.9 Å². The van der Waals surface area contributed by atoms with Crippen molar-refractivity contribution in [3.05, 3.63) is 22.9 Å². The van der Waals surface area contributed by atoms with Crippen molar-refractivity contribution in [1.29, 1.82) is 0 Å². The van der Waals surface area contributed by atoms with E-state index in [-0.39, 0.29) is 0 Å². The minimum atomic E-state index is 0.455. The van der Waals surface area contributed by atoms with Crippen molar-refractivity contribution in [3.63, 3.8) is 0 Å². The van der Waals surface area contributed by atoms with Crippen LogP contribution in [0.15, 0.2) is 6.07 Å². The van der Waals surface area contributed by atoms with Crippen LogP contribution in [0.25, 0.3) is 0 Å². The predicted molar refractivity (Wildman–Crippen MR) is 88.8 cm³/mol. The molecular formula is C16H22N4S. The largest absolute Gasteiger partial charge is 0.389 e. The molecule has 0 radical (unpaired) electrons. The van der Waals surface area contributed by atoms with E-state index in [2.05, 4.69) is 16.3 Å². The lowest BCUT2D eigenvalue weighted by atomic mass is 10.1. The predicted octanol–water partition coefficient (Wildman–Crippen LogP) is 1.85. The van der Waals surface area contributed by atoms with E-state index in [0.29, 0.717) is 11.0 Å². The summed E-state index contributed by atoms with van der Waals surface area (Å²) in [5, 5.41) is 3.61. The summed E-state index contributed by atoms with van der Waals surface area (Å²) >= 11 is 5.22. The van der Waals surface area contributed by atoms with Crippen LogP contribution in [0.1, 0.15) is 42.5 Å². The summed E-state index contributed by atoms with van der Waals surface area (Å²) in [5.74, 6) is 0.908. The summed E-state index contributed by atoms with van der Waals surface area (Å²) in [7, 11) is 0. The average molecular weight is 302 g/mol. The quantitative estimate of drug-likeness (QED) is 0.832. The molecular weight excluding hydrogens is 280 g/mol. The number of fused-ring (bicyclic) bond motifs is 1. The Hall–Kier alpha value is -1.20. The van der Waals surface area contributed by atoms with Gasteiger partial charge in [-0.1, -0.05) is 12.2 Å². The second-order valence-corrected chi connectivity index (χ2v) is 7.00. The number of likely N-dealkylation sites (tertiary alicyclic amines) is 1. The summed E-state index contributed by atoms with van der Waals surface area (Å²) in [6.45, 7) is 2.33. The maximum absolute atomic E-state index is 5.91. The molecule has 1 saturated carbocycles. The van der Waals surface area contributed by atoms with Crippen molar-refractivity contribution in [2.75, 3.05) is 18.4 Å². The van der Waals surface area contributed by atoms with Gasteiger partial charge in [-0.3, -0.25) is 4.90 Å². The van der Waals surface area contributed by atoms with Crippen LogP contribution in [0.4, 0.5) is 5.82 Å². The number of nitrogens with one attached hydrogen (secondary N) is 1. The molecule has 2 fully saturated rings. The SMILES string of the molecule is NC(=S)c1cc2c(nc1NC1CCN(C3CC3)C1)CCC2. The zero-order valence-corrected chi connectivity index (χ0v) is 13.1. The van der Waals surface area contributed by atoms with Gasteiger partial charge in [0.05, 0.1) is 5.56 Å². The zero-order chi connectivity index (χ0) is 14.4. The molecule has 5 heteroatoms. The Bertz CT molecular complexity index is 582. The molecule has 4 rings (SSSR count). The first kappa shape index (κ1) is 13.5. The first-order valence-corrected chi connectivity index (χ1v) is 8.45. The fourth-order valence-electron chi connectivity index (χ4n) is 3.64. The molecule has 1 aromatic rings. The van der Waals surface area contributed by atoms with Crippen molar-refractivity contribution in [2.45, 2.75) is 50.6 Å². The van der Waals surface area contributed by atoms with Gasteiger partial charge in [0.1, 0.15) is 10.8 Å². The normalized spacial score (nSPS) is 25.0. The number of pyridine rings is 1. The molecule has 112 valence electrons. The molecule has 2 heterocycles. The van der Waals surface area contributed by atoms with E-state index in [1.807, 2.05) is 0 Å². The highest BCUT2D eigenvalue weighted by atomic mass is 32.1. The van der Waals surface area contributed by atoms with E-state index >= 15 is 0 Å². The number of aryl methyl sites for hydroxylation is 2. The van der Waals surface area contributed by atoms with Crippen molar-refractivity contribution in [3.8, 4) is 0 Å². The van der Waals surface area contributed by atoms with E-state index in [1.165, 1.54) is 43.5 Å². The Morgan fingerprint density at radius 3 is 2.95 bits per heavy atom. The van der Waals surface area contributed by atoms with Gasteiger partial charge >= 0.3 is 0 Å². The Kier molecular flexibility index (Phi) is 3.34. The van der Waals surface area contributed by atoms with Crippen LogP contribution in [0.5, 0.6) is 0 Å². The lowest BCUT2D eigenvalue weighted by Gasteiger charge is -2.18. The van der Waals surface area contributed by atoms with Crippen LogP contribution in [0.2, 0.25) is 0 Å². The molecule has 1 aliphatic heterocycles. The highest BCUT2D eigenvalue weighted by molar-refractivity contribution is 7.80. The lowest BCUT2D eigenvalue weighted by Crippen LogP contribution is -2.29. The minimum Gasteiger partial charge on any atom is -0.389 e. The van der Waals surface area contributed by atoms with Gasteiger partial charge < -0.3 is 11.1 Å². The van der Waals surface area contributed by atoms with E-state index in [4.69, 9.17) is 22.9 Å². The van der Waals surface area contributed by atoms with E-state index < -0.39 is 0 Å². The highest BCUT2D eigenvalue weighted by Gasteiger charge is 2.34. The minimum absolute atomic E-state index is 0.455. The van der Waals surface area contributed by atoms with Crippen LogP contribution < -0.4 is 11.1 Å². The van der Waals surface area contributed by atoms with Crippen LogP contribution >= 0.6 is 12.2 Å². The molecule has 21 heavy (non-hydrogen) atoms. The van der Waals surface area contributed by atoms with Crippen molar-refractivity contribution >= 4 is 23.0 Å². The summed E-state index contributed by atoms with van der Waals surface area (Å²) < 4.78 is 0. The Balaban J connectivity index is 1.55. The number of hydrogen-bond donors (Lipinski definition) is 2. The second kappa shape index (κ2) is 5.21. The molecule has 0 spiro atoms. The summed E-state index contributed by atoms with van der Waals surface area (Å²) in [6, 6.07) is 3.48. The Morgan fingerprint density at radius 1 is 1.33 bits per heavy atom.